The van der Waals surface area contributed by atoms with Gasteiger partial charge in [0.1, 0.15) is 19.2 Å². The molecule has 2 aliphatic rings. The predicted octanol–water partition coefficient (Wildman–Crippen LogP) is 5.48. The smallest absolute Gasteiger partial charge is 0.326 e. The number of nitrogens with one attached hydrogen (secondary N) is 1. The molecule has 0 spiro atoms. The number of hydrogen-bond donors (Lipinski definition) is 2. The Morgan fingerprint density at radius 1 is 0.909 bits per heavy atom. The minimum atomic E-state index is -0.902. The maximum Gasteiger partial charge on any atom is 0.326 e. The highest BCUT2D eigenvalue weighted by molar-refractivity contribution is 6.03. The van der Waals surface area contributed by atoms with Crippen LogP contribution in [0.4, 0.5) is 5.69 Å². The Labute approximate surface area is 258 Å². The van der Waals surface area contributed by atoms with Gasteiger partial charge in [-0.15, -0.1) is 0 Å². The van der Waals surface area contributed by atoms with Gasteiger partial charge in [0.25, 0.3) is 0 Å². The van der Waals surface area contributed by atoms with Gasteiger partial charge in [-0.25, -0.2) is 0 Å². The number of esters is 1. The van der Waals surface area contributed by atoms with Crippen molar-refractivity contribution in [3.63, 3.8) is 0 Å². The molecule has 0 aromatic heterocycles. The van der Waals surface area contributed by atoms with Crippen molar-refractivity contribution in [3.8, 4) is 0 Å². The molecule has 3 aromatic rings. The Morgan fingerprint density at radius 2 is 1.55 bits per heavy atom. The number of hydrogen-bond acceptors (Lipinski definition) is 5. The molecule has 0 bridgehead atoms. The Kier molecular flexibility index (Phi) is 10.1. The van der Waals surface area contributed by atoms with Crippen molar-refractivity contribution < 1.29 is 29.0 Å². The van der Waals surface area contributed by atoms with Crippen molar-refractivity contribution in [2.75, 3.05) is 11.4 Å². The average Bonchev–Trinajstić information content (AvgIpc) is 3.49. The molecule has 8 heteroatoms. The number of fused-ring (bicyclic) bond motifs is 1. The number of amides is 2. The molecule has 2 unspecified atom stereocenters. The molecule has 2 N–H and O–H groups in total. The number of aliphatic carboxylic acids is 1. The standard InChI is InChI=1S/C36H40N2O6/c39-32(44-25-27-13-5-2-6-14-27)24-38-31-16-8-7-15-28(31)19-20-30(33(38)40)37-35(43)36(21-9-10-22-36)23-29(34(41)42)18-17-26-11-3-1-4-12-26/h1-8,11-16,29-30H,9-10,17-25H2,(H,37,43)(H,41,42). The molecule has 0 saturated heterocycles. The van der Waals surface area contributed by atoms with Gasteiger partial charge in [-0.3, -0.25) is 24.1 Å². The lowest BCUT2D eigenvalue weighted by Gasteiger charge is -2.33. The molecule has 3 aromatic carbocycles. The SMILES string of the molecule is O=C(CN1C(=O)C(NC(=O)C2(CC(CCc3ccccc3)C(=O)O)CCCC2)CCc2ccccc21)OCc1ccccc1. The van der Waals surface area contributed by atoms with Crippen molar-refractivity contribution in [2.24, 2.45) is 11.3 Å². The summed E-state index contributed by atoms with van der Waals surface area (Å²) in [5, 5.41) is 13.1. The van der Waals surface area contributed by atoms with Crippen LogP contribution in [-0.2, 0) is 43.4 Å². The number of rotatable bonds is 12. The zero-order valence-corrected chi connectivity index (χ0v) is 25.0. The molecular weight excluding hydrogens is 556 g/mol. The number of carbonyl (C=O) groups is 4. The zero-order valence-electron chi connectivity index (χ0n) is 25.0. The van der Waals surface area contributed by atoms with E-state index in [1.54, 1.807) is 0 Å². The van der Waals surface area contributed by atoms with E-state index in [2.05, 4.69) is 5.32 Å². The van der Waals surface area contributed by atoms with Crippen molar-refractivity contribution >= 4 is 29.4 Å². The Morgan fingerprint density at radius 3 is 2.23 bits per heavy atom. The summed E-state index contributed by atoms with van der Waals surface area (Å²) in [7, 11) is 0. The maximum atomic E-state index is 14.0. The van der Waals surface area contributed by atoms with Crippen LogP contribution in [-0.4, -0.2) is 41.4 Å². The van der Waals surface area contributed by atoms with Crippen molar-refractivity contribution in [1.82, 2.24) is 5.32 Å². The molecule has 1 aliphatic heterocycles. The predicted molar refractivity (Wildman–Crippen MR) is 167 cm³/mol. The number of aryl methyl sites for hydroxylation is 2. The molecule has 44 heavy (non-hydrogen) atoms. The number of anilines is 1. The van der Waals surface area contributed by atoms with Gasteiger partial charge in [0.15, 0.2) is 0 Å². The fourth-order valence-electron chi connectivity index (χ4n) is 6.58. The second kappa shape index (κ2) is 14.3. The first-order valence-corrected chi connectivity index (χ1v) is 15.5. The van der Waals surface area contributed by atoms with E-state index in [9.17, 15) is 24.3 Å². The van der Waals surface area contributed by atoms with Crippen LogP contribution in [0.3, 0.4) is 0 Å². The number of carboxylic acids is 1. The first-order chi connectivity index (χ1) is 21.3. The summed E-state index contributed by atoms with van der Waals surface area (Å²) < 4.78 is 5.49. The second-order valence-electron chi connectivity index (χ2n) is 12.0. The van der Waals surface area contributed by atoms with Gasteiger partial charge in [0.05, 0.1) is 11.3 Å². The largest absolute Gasteiger partial charge is 0.481 e. The second-order valence-corrected chi connectivity index (χ2v) is 12.0. The summed E-state index contributed by atoms with van der Waals surface area (Å²) in [6.45, 7) is -0.179. The third-order valence-corrected chi connectivity index (χ3v) is 9.04. The van der Waals surface area contributed by atoms with E-state index in [-0.39, 0.29) is 31.4 Å². The lowest BCUT2D eigenvalue weighted by molar-refractivity contribution is -0.145. The highest BCUT2D eigenvalue weighted by Gasteiger charge is 2.45. The van der Waals surface area contributed by atoms with E-state index in [0.29, 0.717) is 44.2 Å². The summed E-state index contributed by atoms with van der Waals surface area (Å²) in [6.07, 6.45) is 5.06. The summed E-state index contributed by atoms with van der Waals surface area (Å²) in [5.41, 5.74) is 2.61. The van der Waals surface area contributed by atoms with E-state index in [1.165, 1.54) is 4.90 Å². The number of nitrogens with zero attached hydrogens (tertiary/aromatic N) is 1. The molecule has 8 nitrogen and oxygen atoms in total. The number of benzene rings is 3. The van der Waals surface area contributed by atoms with E-state index in [4.69, 9.17) is 4.74 Å². The average molecular weight is 597 g/mol. The Bertz CT molecular complexity index is 1450. The van der Waals surface area contributed by atoms with Gasteiger partial charge in [-0.2, -0.15) is 0 Å². The molecule has 1 heterocycles. The number of ether oxygens (including phenoxy) is 1. The van der Waals surface area contributed by atoms with Crippen LogP contribution in [0.25, 0.3) is 0 Å². The van der Waals surface area contributed by atoms with Gasteiger partial charge < -0.3 is 15.2 Å². The molecule has 0 radical (unpaired) electrons. The van der Waals surface area contributed by atoms with Gasteiger partial charge in [-0.05, 0) is 67.7 Å². The summed E-state index contributed by atoms with van der Waals surface area (Å²) in [6, 6.07) is 25.7. The van der Waals surface area contributed by atoms with Crippen molar-refractivity contribution in [1.29, 1.82) is 0 Å². The highest BCUT2D eigenvalue weighted by atomic mass is 16.5. The maximum absolute atomic E-state index is 14.0. The van der Waals surface area contributed by atoms with Gasteiger partial charge in [-0.1, -0.05) is 91.7 Å². The van der Waals surface area contributed by atoms with Gasteiger partial charge in [0.2, 0.25) is 11.8 Å². The van der Waals surface area contributed by atoms with Crippen LogP contribution in [0.15, 0.2) is 84.9 Å². The summed E-state index contributed by atoms with van der Waals surface area (Å²) in [5.74, 6) is -2.76. The topological polar surface area (TPSA) is 113 Å². The van der Waals surface area contributed by atoms with Crippen LogP contribution in [0.2, 0.25) is 0 Å². The fourth-order valence-corrected chi connectivity index (χ4v) is 6.58. The molecule has 1 fully saturated rings. The Balaban J connectivity index is 1.29. The first-order valence-electron chi connectivity index (χ1n) is 15.5. The van der Waals surface area contributed by atoms with Crippen LogP contribution in [0.5, 0.6) is 0 Å². The van der Waals surface area contributed by atoms with Crippen molar-refractivity contribution in [3.05, 3.63) is 102 Å². The van der Waals surface area contributed by atoms with Crippen LogP contribution < -0.4 is 10.2 Å². The van der Waals surface area contributed by atoms with Gasteiger partial charge in [0, 0.05) is 5.69 Å². The third-order valence-electron chi connectivity index (χ3n) is 9.04. The van der Waals surface area contributed by atoms with E-state index < -0.39 is 29.3 Å². The van der Waals surface area contributed by atoms with E-state index >= 15 is 0 Å². The quantitative estimate of drug-likeness (QED) is 0.268. The summed E-state index contributed by atoms with van der Waals surface area (Å²) in [4.78, 5) is 54.7. The zero-order chi connectivity index (χ0) is 30.9. The van der Waals surface area contributed by atoms with E-state index in [0.717, 1.165) is 29.5 Å². The molecule has 2 atom stereocenters. The lowest BCUT2D eigenvalue weighted by Crippen LogP contribution is -2.53. The molecule has 1 aliphatic carbocycles. The highest BCUT2D eigenvalue weighted by Crippen LogP contribution is 2.44. The van der Waals surface area contributed by atoms with Crippen LogP contribution in [0, 0.1) is 11.3 Å². The third kappa shape index (κ3) is 7.54. The normalized spacial score (nSPS) is 18.1. The molecule has 5 rings (SSSR count). The number of carboxylic acid groups (broad SMARTS) is 1. The fraction of sp³-hybridized carbons (Fsp3) is 0.389. The summed E-state index contributed by atoms with van der Waals surface area (Å²) >= 11 is 0. The van der Waals surface area contributed by atoms with E-state index in [1.807, 2.05) is 84.9 Å². The number of para-hydroxylation sites is 1. The van der Waals surface area contributed by atoms with Gasteiger partial charge >= 0.3 is 11.9 Å². The lowest BCUT2D eigenvalue weighted by atomic mass is 9.75. The minimum Gasteiger partial charge on any atom is -0.481 e. The minimum absolute atomic E-state index is 0.0983. The number of carbonyl (C=O) groups excluding carboxylic acids is 3. The molecule has 1 saturated carbocycles. The van der Waals surface area contributed by atoms with Crippen LogP contribution in [0.1, 0.15) is 61.6 Å². The monoisotopic (exact) mass is 596 g/mol. The first kappa shape index (κ1) is 31.0. The molecular formula is C36H40N2O6. The molecule has 230 valence electrons. The van der Waals surface area contributed by atoms with Crippen LogP contribution >= 0.6 is 0 Å². The Hall–Kier alpha value is -4.46. The molecule has 2 amide bonds. The van der Waals surface area contributed by atoms with Crippen molar-refractivity contribution in [2.45, 2.75) is 70.4 Å².